The molecule has 2 N–H and O–H groups in total. The second kappa shape index (κ2) is 8.05. The number of hydrogen-bond donors (Lipinski definition) is 2. The zero-order chi connectivity index (χ0) is 19.5. The van der Waals surface area contributed by atoms with E-state index < -0.39 is 0 Å². The second-order valence-corrected chi connectivity index (χ2v) is 8.64. The molecule has 0 radical (unpaired) electrons. The molecule has 1 aromatic carbocycles. The molecular weight excluding hydrogens is 410 g/mol. The summed E-state index contributed by atoms with van der Waals surface area (Å²) in [6.45, 7) is 1.84. The second-order valence-electron chi connectivity index (χ2n) is 5.91. The van der Waals surface area contributed by atoms with Crippen molar-refractivity contribution in [3.8, 4) is 10.6 Å². The highest BCUT2D eigenvalue weighted by molar-refractivity contribution is 7.17. The number of nitrogens with zero attached hydrogens (tertiary/aromatic N) is 1. The summed E-state index contributed by atoms with van der Waals surface area (Å²) in [7, 11) is 0. The SMILES string of the molecule is Cc1nc(-c2ccsc2)sc1C(=O)Nc1ccc(NC(=O)c2cccs2)cc1. The van der Waals surface area contributed by atoms with Crippen molar-refractivity contribution in [2.24, 2.45) is 0 Å². The van der Waals surface area contributed by atoms with E-state index in [0.717, 1.165) is 10.6 Å². The average molecular weight is 426 g/mol. The number of hydrogen-bond acceptors (Lipinski definition) is 6. The van der Waals surface area contributed by atoms with Gasteiger partial charge in [0.25, 0.3) is 11.8 Å². The molecule has 0 atom stereocenters. The summed E-state index contributed by atoms with van der Waals surface area (Å²) >= 11 is 4.37. The predicted molar refractivity (Wildman–Crippen MR) is 117 cm³/mol. The molecule has 2 amide bonds. The molecule has 0 saturated heterocycles. The zero-order valence-electron chi connectivity index (χ0n) is 14.8. The van der Waals surface area contributed by atoms with E-state index >= 15 is 0 Å². The largest absolute Gasteiger partial charge is 0.321 e. The molecule has 0 bridgehead atoms. The molecule has 4 rings (SSSR count). The smallest absolute Gasteiger partial charge is 0.267 e. The summed E-state index contributed by atoms with van der Waals surface area (Å²) in [6.07, 6.45) is 0. The lowest BCUT2D eigenvalue weighted by Crippen LogP contribution is -2.12. The van der Waals surface area contributed by atoms with E-state index in [2.05, 4.69) is 15.6 Å². The van der Waals surface area contributed by atoms with Crippen LogP contribution in [0.1, 0.15) is 25.0 Å². The van der Waals surface area contributed by atoms with Crippen molar-refractivity contribution >= 4 is 57.2 Å². The number of thiazole rings is 1. The van der Waals surface area contributed by atoms with Gasteiger partial charge in [-0.2, -0.15) is 11.3 Å². The van der Waals surface area contributed by atoms with Gasteiger partial charge in [0.1, 0.15) is 9.88 Å². The maximum absolute atomic E-state index is 12.6. The number of carbonyl (C=O) groups is 2. The summed E-state index contributed by atoms with van der Waals surface area (Å²) < 4.78 is 0. The number of thiophene rings is 2. The van der Waals surface area contributed by atoms with E-state index in [0.29, 0.717) is 26.8 Å². The Hall–Kier alpha value is -2.81. The lowest BCUT2D eigenvalue weighted by molar-refractivity contribution is 0.102. The van der Waals surface area contributed by atoms with Crippen LogP contribution >= 0.6 is 34.0 Å². The standard InChI is InChI=1S/C20H15N3O2S3/c1-12-17(28-20(21-12)13-8-10-26-11-13)19(25)23-15-6-4-14(5-7-15)22-18(24)16-3-2-9-27-16/h2-11H,1H3,(H,22,24)(H,23,25). The molecule has 0 aliphatic rings. The fourth-order valence-electron chi connectivity index (χ4n) is 2.54. The van der Waals surface area contributed by atoms with Crippen LogP contribution < -0.4 is 10.6 Å². The summed E-state index contributed by atoms with van der Waals surface area (Å²) in [5, 5.41) is 12.4. The Morgan fingerprint density at radius 2 is 1.64 bits per heavy atom. The summed E-state index contributed by atoms with van der Waals surface area (Å²) in [5.74, 6) is -0.333. The average Bonchev–Trinajstić information content (AvgIpc) is 3.44. The molecule has 0 aliphatic heterocycles. The van der Waals surface area contributed by atoms with E-state index in [4.69, 9.17) is 0 Å². The number of benzene rings is 1. The number of rotatable bonds is 5. The van der Waals surface area contributed by atoms with Gasteiger partial charge in [-0.1, -0.05) is 6.07 Å². The van der Waals surface area contributed by atoms with Crippen molar-refractivity contribution < 1.29 is 9.59 Å². The van der Waals surface area contributed by atoms with Crippen LogP contribution in [0.4, 0.5) is 11.4 Å². The summed E-state index contributed by atoms with van der Waals surface area (Å²) in [4.78, 5) is 30.5. The van der Waals surface area contributed by atoms with Crippen LogP contribution in [0.2, 0.25) is 0 Å². The lowest BCUT2D eigenvalue weighted by Gasteiger charge is -2.07. The third kappa shape index (κ3) is 4.04. The van der Waals surface area contributed by atoms with Crippen molar-refractivity contribution in [3.63, 3.8) is 0 Å². The first-order valence-corrected chi connectivity index (χ1v) is 11.0. The first-order valence-electron chi connectivity index (χ1n) is 8.36. The minimum Gasteiger partial charge on any atom is -0.321 e. The number of aromatic nitrogens is 1. The van der Waals surface area contributed by atoms with Gasteiger partial charge in [-0.15, -0.1) is 22.7 Å². The molecule has 140 valence electrons. The zero-order valence-corrected chi connectivity index (χ0v) is 17.2. The fourth-order valence-corrected chi connectivity index (χ4v) is 4.83. The van der Waals surface area contributed by atoms with Gasteiger partial charge >= 0.3 is 0 Å². The predicted octanol–water partition coefficient (Wildman–Crippen LogP) is 5.75. The van der Waals surface area contributed by atoms with Crippen molar-refractivity contribution in [1.82, 2.24) is 4.98 Å². The van der Waals surface area contributed by atoms with Crippen LogP contribution in [0.25, 0.3) is 10.6 Å². The van der Waals surface area contributed by atoms with Crippen molar-refractivity contribution in [3.05, 3.63) is 74.1 Å². The highest BCUT2D eigenvalue weighted by atomic mass is 32.1. The Labute approximate surface area is 173 Å². The Morgan fingerprint density at radius 1 is 0.929 bits per heavy atom. The lowest BCUT2D eigenvalue weighted by atomic mass is 10.2. The Balaban J connectivity index is 1.43. The summed E-state index contributed by atoms with van der Waals surface area (Å²) in [6, 6.07) is 12.7. The van der Waals surface area contributed by atoms with Crippen LogP contribution in [0.3, 0.4) is 0 Å². The van der Waals surface area contributed by atoms with Crippen molar-refractivity contribution in [2.75, 3.05) is 10.6 Å². The number of nitrogens with one attached hydrogen (secondary N) is 2. The number of carbonyl (C=O) groups excluding carboxylic acids is 2. The topological polar surface area (TPSA) is 71.1 Å². The molecule has 28 heavy (non-hydrogen) atoms. The quantitative estimate of drug-likeness (QED) is 0.428. The Bertz CT molecular complexity index is 1100. The number of anilines is 2. The molecule has 4 aromatic rings. The van der Waals surface area contributed by atoms with Gasteiger partial charge in [-0.3, -0.25) is 9.59 Å². The molecular formula is C20H15N3O2S3. The molecule has 5 nitrogen and oxygen atoms in total. The van der Waals surface area contributed by atoms with Gasteiger partial charge in [0.05, 0.1) is 10.6 Å². The Morgan fingerprint density at radius 3 is 2.25 bits per heavy atom. The first-order chi connectivity index (χ1) is 13.6. The van der Waals surface area contributed by atoms with Gasteiger partial charge < -0.3 is 10.6 Å². The molecule has 8 heteroatoms. The van der Waals surface area contributed by atoms with Crippen LogP contribution in [0, 0.1) is 6.92 Å². The monoisotopic (exact) mass is 425 g/mol. The van der Waals surface area contributed by atoms with E-state index in [1.165, 1.54) is 22.7 Å². The van der Waals surface area contributed by atoms with E-state index in [1.54, 1.807) is 41.7 Å². The van der Waals surface area contributed by atoms with Crippen molar-refractivity contribution in [2.45, 2.75) is 6.92 Å². The molecule has 0 spiro atoms. The summed E-state index contributed by atoms with van der Waals surface area (Å²) in [5.41, 5.74) is 3.07. The number of aryl methyl sites for hydroxylation is 1. The normalized spacial score (nSPS) is 10.6. The van der Waals surface area contributed by atoms with Crippen LogP contribution in [-0.2, 0) is 0 Å². The fraction of sp³-hybridized carbons (Fsp3) is 0.0500. The molecule has 3 aromatic heterocycles. The minimum absolute atomic E-state index is 0.145. The van der Waals surface area contributed by atoms with Crippen LogP contribution in [0.15, 0.2) is 58.6 Å². The minimum atomic E-state index is -0.188. The maximum atomic E-state index is 12.6. The van der Waals surface area contributed by atoms with Crippen molar-refractivity contribution in [1.29, 1.82) is 0 Å². The van der Waals surface area contributed by atoms with Gasteiger partial charge in [0, 0.05) is 22.3 Å². The van der Waals surface area contributed by atoms with E-state index in [-0.39, 0.29) is 11.8 Å². The van der Waals surface area contributed by atoms with E-state index in [1.807, 2.05) is 35.2 Å². The molecule has 0 unspecified atom stereocenters. The van der Waals surface area contributed by atoms with Gasteiger partial charge in [-0.25, -0.2) is 4.98 Å². The molecule has 0 aliphatic carbocycles. The molecule has 0 fully saturated rings. The maximum Gasteiger partial charge on any atom is 0.267 e. The van der Waals surface area contributed by atoms with E-state index in [9.17, 15) is 9.59 Å². The number of amides is 2. The Kier molecular flexibility index (Phi) is 5.34. The van der Waals surface area contributed by atoms with Gasteiger partial charge in [0.2, 0.25) is 0 Å². The molecule has 3 heterocycles. The first kappa shape index (κ1) is 18.5. The van der Waals surface area contributed by atoms with Gasteiger partial charge in [0.15, 0.2) is 0 Å². The third-order valence-corrected chi connectivity index (χ3v) is 6.67. The third-order valence-electron chi connectivity index (χ3n) is 3.92. The van der Waals surface area contributed by atoms with Crippen LogP contribution in [0.5, 0.6) is 0 Å². The van der Waals surface area contributed by atoms with Crippen LogP contribution in [-0.4, -0.2) is 16.8 Å². The highest BCUT2D eigenvalue weighted by Gasteiger charge is 2.16. The highest BCUT2D eigenvalue weighted by Crippen LogP contribution is 2.30. The van der Waals surface area contributed by atoms with Gasteiger partial charge in [-0.05, 0) is 54.1 Å². The molecule has 0 saturated carbocycles.